The van der Waals surface area contributed by atoms with E-state index >= 15 is 0 Å². The molecule has 148 valence electrons. The smallest absolute Gasteiger partial charge is 0.282 e. The van der Waals surface area contributed by atoms with Crippen LogP contribution in [0, 0.1) is 0 Å². The Hall–Kier alpha value is -1.26. The quantitative estimate of drug-likeness (QED) is 0.758. The molecular weight excluding hydrogens is 384 g/mol. The van der Waals surface area contributed by atoms with Crippen LogP contribution in [0.5, 0.6) is 0 Å². The third-order valence-electron chi connectivity index (χ3n) is 5.22. The summed E-state index contributed by atoms with van der Waals surface area (Å²) in [5.74, 6) is 0.655. The number of rotatable bonds is 5. The second-order valence-corrected chi connectivity index (χ2v) is 9.99. The maximum absolute atomic E-state index is 12.9. The van der Waals surface area contributed by atoms with Crippen molar-refractivity contribution in [3.05, 3.63) is 29.5 Å². The van der Waals surface area contributed by atoms with E-state index in [1.165, 1.54) is 0 Å². The largest absolute Gasteiger partial charge is 0.444 e. The molecule has 0 amide bonds. The lowest BCUT2D eigenvalue weighted by molar-refractivity contribution is 0.173. The summed E-state index contributed by atoms with van der Waals surface area (Å²) < 4.78 is 34.7. The van der Waals surface area contributed by atoms with Crippen molar-refractivity contribution >= 4 is 21.5 Å². The molecule has 0 bridgehead atoms. The van der Waals surface area contributed by atoms with E-state index in [9.17, 15) is 8.42 Å². The highest BCUT2D eigenvalue weighted by Gasteiger charge is 2.32. The van der Waals surface area contributed by atoms with Gasteiger partial charge in [0.05, 0.1) is 10.6 Å². The Kier molecular flexibility index (Phi) is 5.93. The van der Waals surface area contributed by atoms with Crippen molar-refractivity contribution in [2.45, 2.75) is 32.2 Å². The molecule has 4 rings (SSSR count). The van der Waals surface area contributed by atoms with Crippen molar-refractivity contribution < 1.29 is 12.8 Å². The molecule has 2 aliphatic rings. The second-order valence-electron chi connectivity index (χ2n) is 7.12. The van der Waals surface area contributed by atoms with Gasteiger partial charge in [0, 0.05) is 45.8 Å². The number of nitrogens with zero attached hydrogens (tertiary/aromatic N) is 4. The molecule has 0 N–H and O–H groups in total. The lowest BCUT2D eigenvalue weighted by Crippen LogP contribution is -2.52. The van der Waals surface area contributed by atoms with Crippen LogP contribution in [0.3, 0.4) is 0 Å². The Balaban J connectivity index is 1.32. The van der Waals surface area contributed by atoms with Gasteiger partial charge >= 0.3 is 0 Å². The van der Waals surface area contributed by atoms with Crippen LogP contribution in [-0.4, -0.2) is 66.2 Å². The summed E-state index contributed by atoms with van der Waals surface area (Å²) in [6.07, 6.45) is 5.90. The normalized spacial score (nSPS) is 21.3. The van der Waals surface area contributed by atoms with E-state index < -0.39 is 10.2 Å². The molecule has 0 radical (unpaired) electrons. The van der Waals surface area contributed by atoms with Crippen molar-refractivity contribution in [1.29, 1.82) is 0 Å². The summed E-state index contributed by atoms with van der Waals surface area (Å²) >= 11 is 1.61. The second kappa shape index (κ2) is 8.40. The molecule has 2 saturated heterocycles. The first-order valence-corrected chi connectivity index (χ1v) is 11.9. The summed E-state index contributed by atoms with van der Waals surface area (Å²) in [7, 11) is -3.32. The number of hydrogen-bond donors (Lipinski definition) is 0. The molecule has 2 aliphatic heterocycles. The predicted octanol–water partition coefficient (Wildman–Crippen LogP) is 2.64. The molecule has 9 heteroatoms. The molecule has 0 atom stereocenters. The minimum Gasteiger partial charge on any atom is -0.444 e. The van der Waals surface area contributed by atoms with Crippen molar-refractivity contribution in [3.63, 3.8) is 0 Å². The van der Waals surface area contributed by atoms with Crippen LogP contribution in [0.1, 0.15) is 31.4 Å². The Morgan fingerprint density at radius 2 is 1.70 bits per heavy atom. The Morgan fingerprint density at radius 1 is 1.00 bits per heavy atom. The Bertz CT molecular complexity index is 819. The number of aromatic nitrogens is 1. The Morgan fingerprint density at radius 3 is 2.37 bits per heavy atom. The molecule has 27 heavy (non-hydrogen) atoms. The highest BCUT2D eigenvalue weighted by atomic mass is 32.2. The van der Waals surface area contributed by atoms with E-state index in [0.29, 0.717) is 51.7 Å². The predicted molar refractivity (Wildman–Crippen MR) is 106 cm³/mol. The average Bonchev–Trinajstić information content (AvgIpc) is 3.28. The molecule has 2 fully saturated rings. The first kappa shape index (κ1) is 19.1. The van der Waals surface area contributed by atoms with Crippen LogP contribution in [-0.2, 0) is 16.8 Å². The molecule has 2 aromatic heterocycles. The maximum atomic E-state index is 12.9. The van der Waals surface area contributed by atoms with E-state index in [1.807, 2.05) is 17.5 Å². The topological polar surface area (TPSA) is 69.9 Å². The minimum absolute atomic E-state index is 0.536. The summed E-state index contributed by atoms with van der Waals surface area (Å²) in [6, 6.07) is 3.97. The van der Waals surface area contributed by atoms with Gasteiger partial charge in [-0.2, -0.15) is 17.0 Å². The highest BCUT2D eigenvalue weighted by Crippen LogP contribution is 2.24. The van der Waals surface area contributed by atoms with Gasteiger partial charge in [0.2, 0.25) is 5.89 Å². The first-order chi connectivity index (χ1) is 13.1. The fourth-order valence-electron chi connectivity index (χ4n) is 3.68. The zero-order chi connectivity index (χ0) is 18.7. The summed E-state index contributed by atoms with van der Waals surface area (Å²) in [4.78, 5) is 7.82. The van der Waals surface area contributed by atoms with Gasteiger partial charge in [0.15, 0.2) is 0 Å². The van der Waals surface area contributed by atoms with Crippen LogP contribution in [0.2, 0.25) is 0 Å². The number of piperazine rings is 1. The van der Waals surface area contributed by atoms with Crippen LogP contribution in [0.25, 0.3) is 10.8 Å². The van der Waals surface area contributed by atoms with Crippen LogP contribution < -0.4 is 0 Å². The fourth-order valence-corrected chi connectivity index (χ4v) is 6.00. The molecule has 0 aliphatic carbocycles. The van der Waals surface area contributed by atoms with E-state index in [0.717, 1.165) is 36.3 Å². The third-order valence-corrected chi connectivity index (χ3v) is 8.11. The van der Waals surface area contributed by atoms with Crippen LogP contribution in [0.4, 0.5) is 0 Å². The molecule has 0 saturated carbocycles. The van der Waals surface area contributed by atoms with Gasteiger partial charge in [-0.05, 0) is 24.3 Å². The lowest BCUT2D eigenvalue weighted by atomic mass is 10.2. The van der Waals surface area contributed by atoms with Gasteiger partial charge in [0.25, 0.3) is 10.2 Å². The zero-order valence-corrected chi connectivity index (χ0v) is 17.1. The monoisotopic (exact) mass is 410 g/mol. The third kappa shape index (κ3) is 4.43. The van der Waals surface area contributed by atoms with Crippen LogP contribution >= 0.6 is 11.3 Å². The van der Waals surface area contributed by atoms with Crippen molar-refractivity contribution in [2.24, 2.45) is 0 Å². The van der Waals surface area contributed by atoms with Gasteiger partial charge in [-0.15, -0.1) is 11.3 Å². The van der Waals surface area contributed by atoms with Gasteiger partial charge in [0.1, 0.15) is 6.26 Å². The zero-order valence-electron chi connectivity index (χ0n) is 15.4. The minimum atomic E-state index is -3.32. The molecule has 0 unspecified atom stereocenters. The molecule has 4 heterocycles. The van der Waals surface area contributed by atoms with E-state index in [-0.39, 0.29) is 0 Å². The summed E-state index contributed by atoms with van der Waals surface area (Å²) in [5, 5.41) is 2.00. The number of hydrogen-bond acceptors (Lipinski definition) is 6. The Labute approximate surface area is 164 Å². The van der Waals surface area contributed by atoms with Gasteiger partial charge in [-0.3, -0.25) is 4.90 Å². The standard InChI is InChI=1S/C18H26N4O3S2/c23-27(24,21-7-3-1-2-4-8-21)22-11-9-20(10-12-22)14-16-15-25-18(19-16)17-6-5-13-26-17/h5-6,13,15H,1-4,7-12,14H2. The summed E-state index contributed by atoms with van der Waals surface area (Å²) in [5.41, 5.74) is 0.891. The van der Waals surface area contributed by atoms with E-state index in [4.69, 9.17) is 4.42 Å². The molecule has 0 spiro atoms. The lowest BCUT2D eigenvalue weighted by Gasteiger charge is -2.36. The fraction of sp³-hybridized carbons (Fsp3) is 0.611. The number of thiophene rings is 1. The van der Waals surface area contributed by atoms with Gasteiger partial charge < -0.3 is 4.42 Å². The van der Waals surface area contributed by atoms with Crippen molar-refractivity contribution in [1.82, 2.24) is 18.5 Å². The number of oxazole rings is 1. The average molecular weight is 411 g/mol. The van der Waals surface area contributed by atoms with E-state index in [2.05, 4.69) is 9.88 Å². The SMILES string of the molecule is O=S(=O)(N1CCCCCC1)N1CCN(Cc2coc(-c3cccs3)n2)CC1. The van der Waals surface area contributed by atoms with Gasteiger partial charge in [-0.1, -0.05) is 18.9 Å². The maximum Gasteiger partial charge on any atom is 0.282 e. The molecule has 7 nitrogen and oxygen atoms in total. The van der Waals surface area contributed by atoms with Gasteiger partial charge in [-0.25, -0.2) is 4.98 Å². The molecule has 0 aromatic carbocycles. The van der Waals surface area contributed by atoms with Crippen molar-refractivity contribution in [2.75, 3.05) is 39.3 Å². The molecule has 2 aromatic rings. The van der Waals surface area contributed by atoms with Crippen molar-refractivity contribution in [3.8, 4) is 10.8 Å². The summed E-state index contributed by atoms with van der Waals surface area (Å²) in [6.45, 7) is 4.51. The highest BCUT2D eigenvalue weighted by molar-refractivity contribution is 7.86. The molecular formula is C18H26N4O3S2. The van der Waals surface area contributed by atoms with Crippen LogP contribution in [0.15, 0.2) is 28.2 Å². The van der Waals surface area contributed by atoms with E-state index in [1.54, 1.807) is 26.2 Å². The first-order valence-electron chi connectivity index (χ1n) is 9.59.